The van der Waals surface area contributed by atoms with Crippen LogP contribution in [0.3, 0.4) is 0 Å². The van der Waals surface area contributed by atoms with Gasteiger partial charge in [0.05, 0.1) is 5.41 Å². The van der Waals surface area contributed by atoms with E-state index in [9.17, 15) is 31.1 Å². The Morgan fingerprint density at radius 2 is 1.85 bits per heavy atom. The fraction of sp³-hybridized carbons (Fsp3) is 0.600. The molecule has 11 heteroatoms. The number of rotatable bonds is 7. The summed E-state index contributed by atoms with van der Waals surface area (Å²) in [6.45, 7) is -1.35. The summed E-state index contributed by atoms with van der Waals surface area (Å²) in [6.07, 6.45) is -7.39. The summed E-state index contributed by atoms with van der Waals surface area (Å²) in [5, 5.41) is 6.90. The second kappa shape index (κ2) is 7.58. The number of aromatic nitrogens is 1. The van der Waals surface area contributed by atoms with Crippen LogP contribution in [-0.2, 0) is 6.54 Å². The van der Waals surface area contributed by atoms with Crippen LogP contribution >= 0.6 is 0 Å². The van der Waals surface area contributed by atoms with Gasteiger partial charge in [-0.05, 0) is 37.0 Å². The molecule has 1 saturated carbocycles. The Morgan fingerprint density at radius 3 is 2.42 bits per heavy atom. The third-order valence-corrected chi connectivity index (χ3v) is 4.09. The topological polar surface area (TPSA) is 66.0 Å². The summed E-state index contributed by atoms with van der Waals surface area (Å²) in [7, 11) is 0. The third-order valence-electron chi connectivity index (χ3n) is 4.09. The Bertz CT molecular complexity index is 627. The average molecular weight is 384 g/mol. The second-order valence-electron chi connectivity index (χ2n) is 6.16. The fourth-order valence-corrected chi connectivity index (χ4v) is 2.36. The van der Waals surface area contributed by atoms with Gasteiger partial charge in [-0.25, -0.2) is 9.78 Å². The molecule has 0 radical (unpaired) electrons. The highest BCUT2D eigenvalue weighted by Gasteiger charge is 2.62. The molecule has 1 aromatic heterocycles. The molecule has 1 aromatic rings. The van der Waals surface area contributed by atoms with Crippen LogP contribution in [-0.4, -0.2) is 36.5 Å². The number of carbonyl (C=O) groups excluding carboxylic acids is 1. The largest absolute Gasteiger partial charge is 0.405 e. The van der Waals surface area contributed by atoms with E-state index in [1.54, 1.807) is 0 Å². The molecule has 26 heavy (non-hydrogen) atoms. The molecule has 2 amide bonds. The molecule has 0 aromatic carbocycles. The minimum absolute atomic E-state index is 0.000531. The van der Waals surface area contributed by atoms with E-state index >= 15 is 0 Å². The summed E-state index contributed by atoms with van der Waals surface area (Å²) in [4.78, 5) is 15.4. The van der Waals surface area contributed by atoms with Crippen molar-refractivity contribution >= 4 is 11.8 Å². The van der Waals surface area contributed by atoms with Crippen LogP contribution in [0.1, 0.15) is 24.8 Å². The molecule has 5 nitrogen and oxygen atoms in total. The molecule has 1 heterocycles. The van der Waals surface area contributed by atoms with Gasteiger partial charge in [-0.1, -0.05) is 0 Å². The maximum Gasteiger partial charge on any atom is 0.405 e. The monoisotopic (exact) mass is 384 g/mol. The van der Waals surface area contributed by atoms with E-state index in [-0.39, 0.29) is 38.2 Å². The lowest BCUT2D eigenvalue weighted by atomic mass is 10.0. The van der Waals surface area contributed by atoms with Crippen LogP contribution in [0.15, 0.2) is 18.3 Å². The van der Waals surface area contributed by atoms with Crippen molar-refractivity contribution in [3.05, 3.63) is 23.9 Å². The summed E-state index contributed by atoms with van der Waals surface area (Å²) in [5.41, 5.74) is -1.18. The molecule has 146 valence electrons. The van der Waals surface area contributed by atoms with Crippen molar-refractivity contribution in [2.75, 3.05) is 18.4 Å². The van der Waals surface area contributed by atoms with Crippen LogP contribution in [0.5, 0.6) is 0 Å². The van der Waals surface area contributed by atoms with Crippen LogP contribution < -0.4 is 16.0 Å². The number of urea groups is 1. The molecule has 0 bridgehead atoms. The van der Waals surface area contributed by atoms with Gasteiger partial charge in [-0.3, -0.25) is 0 Å². The van der Waals surface area contributed by atoms with E-state index < -0.39 is 30.3 Å². The normalized spacial score (nSPS) is 16.1. The molecular formula is C15H18F6N4O. The molecule has 1 fully saturated rings. The van der Waals surface area contributed by atoms with Gasteiger partial charge in [-0.2, -0.15) is 26.3 Å². The minimum atomic E-state index is -4.38. The Labute approximate surface area is 145 Å². The number of hydrogen-bond acceptors (Lipinski definition) is 3. The lowest BCUT2D eigenvalue weighted by Gasteiger charge is -2.19. The average Bonchev–Trinajstić information content (AvgIpc) is 3.32. The van der Waals surface area contributed by atoms with Gasteiger partial charge in [0, 0.05) is 19.3 Å². The SMILES string of the molecule is O=C(NCCC1(C(F)(F)F)CC1)NCc1ccnc(NCC(F)(F)F)c1. The van der Waals surface area contributed by atoms with Crippen LogP contribution in [0, 0.1) is 5.41 Å². The molecule has 1 aliphatic rings. The second-order valence-corrected chi connectivity index (χ2v) is 6.16. The smallest absolute Gasteiger partial charge is 0.361 e. The zero-order valence-corrected chi connectivity index (χ0v) is 13.6. The third kappa shape index (κ3) is 5.95. The number of anilines is 1. The lowest BCUT2D eigenvalue weighted by molar-refractivity contribution is -0.188. The Hall–Kier alpha value is -2.20. The van der Waals surface area contributed by atoms with Crippen LogP contribution in [0.4, 0.5) is 37.0 Å². The first-order valence-electron chi connectivity index (χ1n) is 7.85. The highest BCUT2D eigenvalue weighted by Crippen LogP contribution is 2.59. The maximum atomic E-state index is 12.8. The molecule has 0 unspecified atom stereocenters. The van der Waals surface area contributed by atoms with E-state index in [0.29, 0.717) is 5.56 Å². The lowest BCUT2D eigenvalue weighted by Crippen LogP contribution is -2.37. The number of nitrogens with one attached hydrogen (secondary N) is 3. The molecular weight excluding hydrogens is 366 g/mol. The first kappa shape index (κ1) is 20.1. The minimum Gasteiger partial charge on any atom is -0.361 e. The van der Waals surface area contributed by atoms with Gasteiger partial charge in [0.25, 0.3) is 0 Å². The van der Waals surface area contributed by atoms with E-state index in [2.05, 4.69) is 20.9 Å². The highest BCUT2D eigenvalue weighted by molar-refractivity contribution is 5.73. The van der Waals surface area contributed by atoms with Gasteiger partial charge >= 0.3 is 18.4 Å². The van der Waals surface area contributed by atoms with Gasteiger partial charge in [0.2, 0.25) is 0 Å². The number of pyridine rings is 1. The van der Waals surface area contributed by atoms with Gasteiger partial charge in [-0.15, -0.1) is 0 Å². The number of carbonyl (C=O) groups is 1. The molecule has 1 aliphatic carbocycles. The Kier molecular flexibility index (Phi) is 5.87. The number of halogens is 6. The van der Waals surface area contributed by atoms with Crippen molar-refractivity contribution in [3.63, 3.8) is 0 Å². The summed E-state index contributed by atoms with van der Waals surface area (Å²) in [6, 6.07) is 2.20. The predicted molar refractivity (Wildman–Crippen MR) is 81.4 cm³/mol. The van der Waals surface area contributed by atoms with Crippen LogP contribution in [0.2, 0.25) is 0 Å². The van der Waals surface area contributed by atoms with E-state index in [1.807, 2.05) is 0 Å². The van der Waals surface area contributed by atoms with Gasteiger partial charge in [0.15, 0.2) is 0 Å². The number of alkyl halides is 6. The van der Waals surface area contributed by atoms with E-state index in [0.717, 1.165) is 0 Å². The summed E-state index contributed by atoms with van der Waals surface area (Å²) >= 11 is 0. The van der Waals surface area contributed by atoms with Crippen molar-refractivity contribution < 1.29 is 31.1 Å². The van der Waals surface area contributed by atoms with Gasteiger partial charge in [0.1, 0.15) is 12.4 Å². The zero-order chi connectivity index (χ0) is 19.4. The molecule has 0 spiro atoms. The van der Waals surface area contributed by atoms with E-state index in [1.165, 1.54) is 18.3 Å². The first-order valence-corrected chi connectivity index (χ1v) is 7.85. The maximum absolute atomic E-state index is 12.8. The standard InChI is InChI=1S/C15H18F6N4O/c16-14(17,18)9-25-11-7-10(1-5-22-11)8-24-12(26)23-6-4-13(2-3-13)15(19,20)21/h1,5,7H,2-4,6,8-9H2,(H,22,25)(H2,23,24,26). The van der Waals surface area contributed by atoms with Crippen molar-refractivity contribution in [1.29, 1.82) is 0 Å². The van der Waals surface area contributed by atoms with Crippen molar-refractivity contribution in [1.82, 2.24) is 15.6 Å². The molecule has 0 atom stereocenters. The Balaban J connectivity index is 1.72. The van der Waals surface area contributed by atoms with Gasteiger partial charge < -0.3 is 16.0 Å². The Morgan fingerprint density at radius 1 is 1.15 bits per heavy atom. The number of hydrogen-bond donors (Lipinski definition) is 3. The van der Waals surface area contributed by atoms with Crippen molar-refractivity contribution in [3.8, 4) is 0 Å². The number of nitrogens with zero attached hydrogens (tertiary/aromatic N) is 1. The zero-order valence-electron chi connectivity index (χ0n) is 13.6. The highest BCUT2D eigenvalue weighted by atomic mass is 19.4. The molecule has 0 saturated heterocycles. The molecule has 3 N–H and O–H groups in total. The number of amides is 2. The fourth-order valence-electron chi connectivity index (χ4n) is 2.36. The summed E-state index contributed by atoms with van der Waals surface area (Å²) in [5.74, 6) is 0.00267. The first-order chi connectivity index (χ1) is 12.0. The summed E-state index contributed by atoms with van der Waals surface area (Å²) < 4.78 is 74.7. The predicted octanol–water partition coefficient (Wildman–Crippen LogP) is 3.59. The van der Waals surface area contributed by atoms with Crippen LogP contribution in [0.25, 0.3) is 0 Å². The molecule has 0 aliphatic heterocycles. The van der Waals surface area contributed by atoms with Crippen molar-refractivity contribution in [2.45, 2.75) is 38.2 Å². The van der Waals surface area contributed by atoms with E-state index in [4.69, 9.17) is 0 Å². The quantitative estimate of drug-likeness (QED) is 0.630. The van der Waals surface area contributed by atoms with Crippen molar-refractivity contribution in [2.24, 2.45) is 5.41 Å². The molecule has 2 rings (SSSR count).